The lowest BCUT2D eigenvalue weighted by molar-refractivity contribution is -0.184. The Hall–Kier alpha value is -2.55. The number of sulfone groups is 1. The number of hydrogen-bond donors (Lipinski definition) is 1. The van der Waals surface area contributed by atoms with E-state index in [1.54, 1.807) is 18.2 Å². The lowest BCUT2D eigenvalue weighted by Gasteiger charge is -2.38. The summed E-state index contributed by atoms with van der Waals surface area (Å²) in [5.41, 5.74) is -0.534. The van der Waals surface area contributed by atoms with Gasteiger partial charge in [-0.15, -0.1) is 0 Å². The zero-order chi connectivity index (χ0) is 24.0. The highest BCUT2D eigenvalue weighted by molar-refractivity contribution is 7.92. The van der Waals surface area contributed by atoms with Gasteiger partial charge in [0.2, 0.25) is 9.84 Å². The van der Waals surface area contributed by atoms with E-state index in [2.05, 4.69) is 0 Å². The molecule has 0 unspecified atom stereocenters. The average molecular weight is 470 g/mol. The van der Waals surface area contributed by atoms with Crippen molar-refractivity contribution in [2.45, 2.75) is 48.3 Å². The van der Waals surface area contributed by atoms with E-state index in [1.165, 1.54) is 12.1 Å². The first kappa shape index (κ1) is 22.3. The summed E-state index contributed by atoms with van der Waals surface area (Å²) in [7, 11) is -4.21. The molecule has 4 atom stereocenters. The van der Waals surface area contributed by atoms with Crippen molar-refractivity contribution >= 4 is 9.84 Å². The van der Waals surface area contributed by atoms with Crippen molar-refractivity contribution in [1.29, 1.82) is 0 Å². The van der Waals surface area contributed by atoms with Crippen molar-refractivity contribution in [2.24, 2.45) is 0 Å². The zero-order valence-electron chi connectivity index (χ0n) is 19.1. The molecule has 33 heavy (non-hydrogen) atoms. The molecule has 0 bridgehead atoms. The molecule has 1 aliphatic rings. The topological polar surface area (TPSA) is 82.1 Å². The molecular weight excluding hydrogens is 440 g/mol. The van der Waals surface area contributed by atoms with Crippen LogP contribution in [0.2, 0.25) is 0 Å². The van der Waals surface area contributed by atoms with Crippen LogP contribution in [0, 0.1) is 0 Å². The molecule has 1 fully saturated rings. The van der Waals surface area contributed by atoms with E-state index in [4.69, 9.17) is 15.6 Å². The van der Waals surface area contributed by atoms with Crippen LogP contribution in [0.3, 0.4) is 0 Å². The summed E-state index contributed by atoms with van der Waals surface area (Å²) in [6.45, 7) is 0.340. The molecule has 3 aromatic carbocycles. The van der Waals surface area contributed by atoms with Crippen LogP contribution < -0.4 is 0 Å². The van der Waals surface area contributed by atoms with Gasteiger partial charge in [0.1, 0.15) is 12.2 Å². The van der Waals surface area contributed by atoms with Crippen molar-refractivity contribution in [2.75, 3.05) is 6.61 Å². The normalized spacial score (nSPS) is 26.0. The lowest BCUT2D eigenvalue weighted by Crippen LogP contribution is -2.53. The Morgan fingerprint density at radius 3 is 2.03 bits per heavy atom. The molecule has 4 rings (SSSR count). The van der Waals surface area contributed by atoms with Crippen molar-refractivity contribution in [3.63, 3.8) is 0 Å². The molecule has 1 saturated heterocycles. The van der Waals surface area contributed by atoms with Crippen LogP contribution in [0.25, 0.3) is 0 Å². The van der Waals surface area contributed by atoms with Gasteiger partial charge in [0, 0.05) is 6.42 Å². The second-order valence-electron chi connectivity index (χ2n) is 7.88. The van der Waals surface area contributed by atoms with Crippen molar-refractivity contribution in [1.82, 2.24) is 0 Å². The third-order valence-corrected chi connectivity index (χ3v) is 7.22. The van der Waals surface area contributed by atoms with Crippen molar-refractivity contribution in [3.8, 4) is 0 Å². The quantitative estimate of drug-likeness (QED) is 0.514. The number of benzene rings is 3. The minimum Gasteiger partial charge on any atom is -0.388 e. The van der Waals surface area contributed by atoms with E-state index < -0.39 is 33.6 Å². The summed E-state index contributed by atoms with van der Waals surface area (Å²) in [6, 6.07) is 26.6. The van der Waals surface area contributed by atoms with Gasteiger partial charge in [0.25, 0.3) is 0 Å². The number of rotatable bonds is 9. The Kier molecular flexibility index (Phi) is 7.45. The van der Waals surface area contributed by atoms with E-state index in [-0.39, 0.29) is 31.1 Å². The summed E-state index contributed by atoms with van der Waals surface area (Å²) < 4.78 is 53.0. The second-order valence-corrected chi connectivity index (χ2v) is 9.81. The molecule has 0 amide bonds. The Labute approximate surface area is 196 Å². The highest BCUT2D eigenvalue weighted by atomic mass is 32.2. The van der Waals surface area contributed by atoms with Crippen LogP contribution in [0.15, 0.2) is 95.9 Å². The third kappa shape index (κ3) is 6.07. The molecule has 3 aromatic rings. The van der Waals surface area contributed by atoms with Crippen LogP contribution in [-0.2, 0) is 37.3 Å². The van der Waals surface area contributed by atoms with Gasteiger partial charge in [0.15, 0.2) is 5.41 Å². The van der Waals surface area contributed by atoms with Gasteiger partial charge in [0.05, 0.1) is 32.2 Å². The summed E-state index contributed by atoms with van der Waals surface area (Å²) in [6.07, 6.45) is -3.50. The van der Waals surface area contributed by atoms with Gasteiger partial charge in [-0.2, -0.15) is 0 Å². The van der Waals surface area contributed by atoms with Gasteiger partial charge in [-0.05, 0) is 23.3 Å². The van der Waals surface area contributed by atoms with E-state index in [0.717, 1.165) is 11.1 Å². The maximum atomic E-state index is 13.4. The molecule has 0 spiro atoms. The molecule has 6 nitrogen and oxygen atoms in total. The lowest BCUT2D eigenvalue weighted by atomic mass is 10.0. The molecule has 1 N–H and O–H groups in total. The fourth-order valence-electron chi connectivity index (χ4n) is 3.65. The molecule has 1 aliphatic heterocycles. The Bertz CT molecular complexity index is 1140. The monoisotopic (exact) mass is 469 g/mol. The minimum absolute atomic E-state index is 0.0212. The van der Waals surface area contributed by atoms with E-state index >= 15 is 0 Å². The number of ether oxygens (including phenoxy) is 3. The van der Waals surface area contributed by atoms with Crippen LogP contribution >= 0.6 is 0 Å². The standard InChI is InChI=1S/C26H28O6S/c27-26-23(31-18-21-12-6-2-7-13-21)16-25(33(28,29)22-14-8-3-9-15-22)32-24(26)19-30-17-20-10-4-1-5-11-20/h1-15,23-27H,16-19H2/t23-,24-,25-,26+/m1/s1/i25D. The Balaban J connectivity index is 1.54. The summed E-state index contributed by atoms with van der Waals surface area (Å²) in [5, 5.41) is 11.0. The minimum atomic E-state index is -4.21. The van der Waals surface area contributed by atoms with Gasteiger partial charge in [-0.1, -0.05) is 78.9 Å². The maximum Gasteiger partial charge on any atom is 0.205 e. The summed E-state index contributed by atoms with van der Waals surface area (Å²) in [4.78, 5) is -0.0212. The van der Waals surface area contributed by atoms with E-state index in [1.807, 2.05) is 60.7 Å². The first-order valence-corrected chi connectivity index (χ1v) is 12.3. The van der Waals surface area contributed by atoms with Gasteiger partial charge in [-0.3, -0.25) is 0 Å². The van der Waals surface area contributed by atoms with Crippen LogP contribution in [0.4, 0.5) is 0 Å². The van der Waals surface area contributed by atoms with Gasteiger partial charge in [-0.25, -0.2) is 8.42 Å². The van der Waals surface area contributed by atoms with Crippen molar-refractivity contribution in [3.05, 3.63) is 102 Å². The third-order valence-electron chi connectivity index (χ3n) is 5.47. The largest absolute Gasteiger partial charge is 0.388 e. The fraction of sp³-hybridized carbons (Fsp3) is 0.308. The summed E-state index contributed by atoms with van der Waals surface area (Å²) >= 11 is 0. The van der Waals surface area contributed by atoms with E-state index in [9.17, 15) is 13.5 Å². The van der Waals surface area contributed by atoms with E-state index in [0.29, 0.717) is 0 Å². The zero-order valence-corrected chi connectivity index (χ0v) is 18.9. The second kappa shape index (κ2) is 11.0. The predicted octanol–water partition coefficient (Wildman–Crippen LogP) is 3.74. The number of aliphatic hydroxyl groups excluding tert-OH is 1. The highest BCUT2D eigenvalue weighted by Crippen LogP contribution is 2.30. The van der Waals surface area contributed by atoms with Crippen molar-refractivity contribution < 1.29 is 29.1 Å². The number of hydrogen-bond acceptors (Lipinski definition) is 6. The molecule has 7 heteroatoms. The average Bonchev–Trinajstić information content (AvgIpc) is 2.87. The molecule has 0 aliphatic carbocycles. The SMILES string of the molecule is [2H][C@@]1(S(=O)(=O)c2ccccc2)C[C@@H](OCc2ccccc2)[C@H](O)[C@@H](COCc2ccccc2)O1. The smallest absolute Gasteiger partial charge is 0.205 e. The first-order chi connectivity index (χ1) is 16.4. The molecule has 0 saturated carbocycles. The van der Waals surface area contributed by atoms with Gasteiger partial charge >= 0.3 is 0 Å². The predicted molar refractivity (Wildman–Crippen MR) is 124 cm³/mol. The Morgan fingerprint density at radius 2 is 1.42 bits per heavy atom. The molecule has 1 heterocycles. The molecule has 0 radical (unpaired) electrons. The molecular formula is C26H28O6S. The van der Waals surface area contributed by atoms with Crippen LogP contribution in [-0.4, -0.2) is 43.9 Å². The fourth-order valence-corrected chi connectivity index (χ4v) is 5.06. The molecule has 174 valence electrons. The van der Waals surface area contributed by atoms with Crippen LogP contribution in [0.1, 0.15) is 18.9 Å². The van der Waals surface area contributed by atoms with Crippen LogP contribution in [0.5, 0.6) is 0 Å². The first-order valence-electron chi connectivity index (χ1n) is 11.3. The Morgan fingerprint density at radius 1 is 0.879 bits per heavy atom. The molecule has 0 aromatic heterocycles. The highest BCUT2D eigenvalue weighted by Gasteiger charge is 2.44. The van der Waals surface area contributed by atoms with Gasteiger partial charge < -0.3 is 19.3 Å². The number of aliphatic hydroxyl groups is 1. The summed E-state index contributed by atoms with van der Waals surface area (Å²) in [5.74, 6) is 0. The maximum absolute atomic E-state index is 13.4.